The average molecular weight is 176 g/mol. The van der Waals surface area contributed by atoms with Crippen molar-refractivity contribution in [3.05, 3.63) is 0 Å². The molecule has 0 aliphatic rings. The molecular weight excluding hydrogens is 164 g/mol. The van der Waals surface area contributed by atoms with Gasteiger partial charge in [0.05, 0.1) is 20.1 Å². The van der Waals surface area contributed by atoms with E-state index in [1.165, 1.54) is 14.0 Å². The molecule has 0 aromatic rings. The summed E-state index contributed by atoms with van der Waals surface area (Å²) in [6, 6.07) is 0. The molecule has 0 aliphatic carbocycles. The summed E-state index contributed by atoms with van der Waals surface area (Å²) in [6.07, 6.45) is -1.46. The van der Waals surface area contributed by atoms with Gasteiger partial charge < -0.3 is 14.6 Å². The predicted octanol–water partition coefficient (Wildman–Crippen LogP) is -0.671. The van der Waals surface area contributed by atoms with Crippen LogP contribution in [0.15, 0.2) is 0 Å². The quantitative estimate of drug-likeness (QED) is 0.577. The summed E-state index contributed by atoms with van der Waals surface area (Å²) >= 11 is 0. The molecule has 0 bridgehead atoms. The van der Waals surface area contributed by atoms with Crippen molar-refractivity contribution in [3.63, 3.8) is 0 Å². The van der Waals surface area contributed by atoms with E-state index in [9.17, 15) is 9.59 Å². The van der Waals surface area contributed by atoms with E-state index >= 15 is 0 Å². The number of esters is 2. The van der Waals surface area contributed by atoms with Crippen LogP contribution in [0.25, 0.3) is 0 Å². The smallest absolute Gasteiger partial charge is 0.335 e. The molecule has 5 nitrogen and oxygen atoms in total. The highest BCUT2D eigenvalue weighted by molar-refractivity contribution is 5.83. The molecule has 0 unspecified atom stereocenters. The molecule has 0 rings (SSSR count). The molecule has 70 valence electrons. The maximum Gasteiger partial charge on any atom is 0.335 e. The monoisotopic (exact) mass is 176 g/mol. The summed E-state index contributed by atoms with van der Waals surface area (Å²) in [4.78, 5) is 21.5. The van der Waals surface area contributed by atoms with Gasteiger partial charge in [-0.15, -0.1) is 0 Å². The van der Waals surface area contributed by atoms with Crippen molar-refractivity contribution in [1.82, 2.24) is 0 Å². The van der Waals surface area contributed by atoms with Crippen LogP contribution >= 0.6 is 0 Å². The van der Waals surface area contributed by atoms with Gasteiger partial charge in [-0.25, -0.2) is 4.79 Å². The van der Waals surface area contributed by atoms with Crippen LogP contribution in [0.4, 0.5) is 0 Å². The van der Waals surface area contributed by atoms with Crippen molar-refractivity contribution < 1.29 is 24.2 Å². The second kappa shape index (κ2) is 4.71. The van der Waals surface area contributed by atoms with Crippen LogP contribution in [0.2, 0.25) is 0 Å². The summed E-state index contributed by atoms with van der Waals surface area (Å²) in [7, 11) is 2.32. The highest BCUT2D eigenvalue weighted by atomic mass is 16.5. The minimum atomic E-state index is -1.46. The zero-order chi connectivity index (χ0) is 9.72. The summed E-state index contributed by atoms with van der Waals surface area (Å²) in [5, 5.41) is 9.11. The highest BCUT2D eigenvalue weighted by Crippen LogP contribution is 2.06. The van der Waals surface area contributed by atoms with Crippen molar-refractivity contribution >= 4 is 11.9 Å². The molecular formula is C7H12O5. The molecule has 0 fully saturated rings. The Morgan fingerprint density at radius 3 is 1.92 bits per heavy atom. The first-order chi connectivity index (χ1) is 5.54. The van der Waals surface area contributed by atoms with Gasteiger partial charge in [-0.2, -0.15) is 0 Å². The number of rotatable bonds is 3. The van der Waals surface area contributed by atoms with Crippen molar-refractivity contribution in [2.75, 3.05) is 14.2 Å². The second-order valence-electron chi connectivity index (χ2n) is 2.28. The summed E-state index contributed by atoms with van der Waals surface area (Å²) in [5.41, 5.74) is 0. The number of aliphatic hydroxyl groups is 1. The van der Waals surface area contributed by atoms with Gasteiger partial charge in [0, 0.05) is 0 Å². The van der Waals surface area contributed by atoms with Gasteiger partial charge in [-0.3, -0.25) is 4.79 Å². The SMILES string of the molecule is COC(=O)[C@@H](C)[C@@H](O)C(=O)OC. The fourth-order valence-electron chi connectivity index (χ4n) is 0.640. The Hall–Kier alpha value is -1.10. The van der Waals surface area contributed by atoms with E-state index in [1.807, 2.05) is 0 Å². The lowest BCUT2D eigenvalue weighted by Gasteiger charge is -2.13. The van der Waals surface area contributed by atoms with Crippen LogP contribution in [-0.4, -0.2) is 37.4 Å². The Balaban J connectivity index is 4.18. The zero-order valence-electron chi connectivity index (χ0n) is 7.23. The van der Waals surface area contributed by atoms with Gasteiger partial charge in [0.15, 0.2) is 6.10 Å². The molecule has 0 heterocycles. The molecule has 12 heavy (non-hydrogen) atoms. The Morgan fingerprint density at radius 1 is 1.17 bits per heavy atom. The predicted molar refractivity (Wildman–Crippen MR) is 39.2 cm³/mol. The molecule has 0 spiro atoms. The fourth-order valence-corrected chi connectivity index (χ4v) is 0.640. The number of carbonyl (C=O) groups is 2. The Morgan fingerprint density at radius 2 is 1.58 bits per heavy atom. The highest BCUT2D eigenvalue weighted by Gasteiger charge is 2.29. The lowest BCUT2D eigenvalue weighted by atomic mass is 10.1. The number of hydrogen-bond acceptors (Lipinski definition) is 5. The Bertz CT molecular complexity index is 157. The van der Waals surface area contributed by atoms with Crippen LogP contribution < -0.4 is 0 Å². The minimum Gasteiger partial charge on any atom is -0.469 e. The van der Waals surface area contributed by atoms with E-state index in [0.29, 0.717) is 0 Å². The first kappa shape index (κ1) is 10.9. The lowest BCUT2D eigenvalue weighted by Crippen LogP contribution is -2.34. The summed E-state index contributed by atoms with van der Waals surface area (Å²) < 4.78 is 8.55. The van der Waals surface area contributed by atoms with E-state index in [4.69, 9.17) is 5.11 Å². The first-order valence-corrected chi connectivity index (χ1v) is 3.38. The van der Waals surface area contributed by atoms with Gasteiger partial charge in [-0.05, 0) is 6.92 Å². The third-order valence-corrected chi connectivity index (χ3v) is 1.49. The molecule has 0 saturated carbocycles. The Labute approximate surface area is 70.3 Å². The van der Waals surface area contributed by atoms with Crippen molar-refractivity contribution in [2.45, 2.75) is 13.0 Å². The van der Waals surface area contributed by atoms with Gasteiger partial charge in [-0.1, -0.05) is 0 Å². The average Bonchev–Trinajstić information content (AvgIpc) is 2.12. The topological polar surface area (TPSA) is 72.8 Å². The maximum absolute atomic E-state index is 10.8. The molecule has 5 heteroatoms. The molecule has 1 N–H and O–H groups in total. The van der Waals surface area contributed by atoms with Crippen molar-refractivity contribution in [1.29, 1.82) is 0 Å². The van der Waals surface area contributed by atoms with Gasteiger partial charge >= 0.3 is 11.9 Å². The number of methoxy groups -OCH3 is 2. The van der Waals surface area contributed by atoms with Crippen LogP contribution in [0.5, 0.6) is 0 Å². The third-order valence-electron chi connectivity index (χ3n) is 1.49. The molecule has 0 aliphatic heterocycles. The number of ether oxygens (including phenoxy) is 2. The first-order valence-electron chi connectivity index (χ1n) is 3.38. The van der Waals surface area contributed by atoms with Crippen LogP contribution in [0.3, 0.4) is 0 Å². The van der Waals surface area contributed by atoms with Gasteiger partial charge in [0.25, 0.3) is 0 Å². The molecule has 2 atom stereocenters. The maximum atomic E-state index is 10.8. The van der Waals surface area contributed by atoms with Crippen LogP contribution in [-0.2, 0) is 19.1 Å². The van der Waals surface area contributed by atoms with Crippen LogP contribution in [0.1, 0.15) is 6.92 Å². The van der Waals surface area contributed by atoms with Crippen molar-refractivity contribution in [2.24, 2.45) is 5.92 Å². The normalized spacial score (nSPS) is 14.7. The fraction of sp³-hybridized carbons (Fsp3) is 0.714. The van der Waals surface area contributed by atoms with E-state index in [2.05, 4.69) is 9.47 Å². The lowest BCUT2D eigenvalue weighted by molar-refractivity contribution is -0.162. The molecule has 0 amide bonds. The number of hydrogen-bond donors (Lipinski definition) is 1. The van der Waals surface area contributed by atoms with Crippen molar-refractivity contribution in [3.8, 4) is 0 Å². The van der Waals surface area contributed by atoms with Gasteiger partial charge in [0.2, 0.25) is 0 Å². The zero-order valence-corrected chi connectivity index (χ0v) is 7.23. The van der Waals surface area contributed by atoms with E-state index in [0.717, 1.165) is 7.11 Å². The van der Waals surface area contributed by atoms with E-state index < -0.39 is 24.0 Å². The molecule has 0 radical (unpaired) electrons. The standard InChI is InChI=1S/C7H12O5/c1-4(6(9)11-2)5(8)7(10)12-3/h4-5,8H,1-3H3/t4-,5+/m0/s1. The number of aliphatic hydroxyl groups excluding tert-OH is 1. The number of carbonyl (C=O) groups excluding carboxylic acids is 2. The van der Waals surface area contributed by atoms with E-state index in [1.54, 1.807) is 0 Å². The minimum absolute atomic E-state index is 0.645. The summed E-state index contributed by atoms with van der Waals surface area (Å²) in [6.45, 7) is 1.38. The molecule has 0 saturated heterocycles. The third kappa shape index (κ3) is 2.50. The van der Waals surface area contributed by atoms with E-state index in [-0.39, 0.29) is 0 Å². The largest absolute Gasteiger partial charge is 0.469 e. The molecule has 0 aromatic heterocycles. The molecule has 0 aromatic carbocycles. The Kier molecular flexibility index (Phi) is 4.28. The van der Waals surface area contributed by atoms with Crippen LogP contribution in [0, 0.1) is 5.92 Å². The van der Waals surface area contributed by atoms with Gasteiger partial charge in [0.1, 0.15) is 0 Å². The summed E-state index contributed by atoms with van der Waals surface area (Å²) in [5.74, 6) is -2.39. The second-order valence-corrected chi connectivity index (χ2v) is 2.28.